The number of hydrogen-bond donors (Lipinski definition) is 2. The molecule has 1 amide bonds. The van der Waals surface area contributed by atoms with Gasteiger partial charge in [-0.05, 0) is 18.5 Å². The Bertz CT molecular complexity index is 412. The van der Waals surface area contributed by atoms with Crippen molar-refractivity contribution in [1.29, 1.82) is 0 Å². The summed E-state index contributed by atoms with van der Waals surface area (Å²) in [7, 11) is 0. The molecule has 18 heavy (non-hydrogen) atoms. The Balaban J connectivity index is 0.00000289. The molecule has 1 aromatic carbocycles. The lowest BCUT2D eigenvalue weighted by Gasteiger charge is -2.04. The number of non-ortho nitro benzene ring substituents is 1. The molecule has 0 atom stereocenters. The van der Waals surface area contributed by atoms with E-state index in [-0.39, 0.29) is 30.4 Å². The van der Waals surface area contributed by atoms with E-state index in [1.807, 2.05) is 0 Å². The third kappa shape index (κ3) is 5.60. The standard InChI is InChI=1S/C11H15N3O3.ClH/c12-5-2-6-13-11(15)8-9-3-1-4-10(7-9)14(16)17;/h1,3-4,7H,2,5-6,8,12H2,(H,13,15);1H. The highest BCUT2D eigenvalue weighted by atomic mass is 35.5. The molecule has 0 saturated heterocycles. The second kappa shape index (κ2) is 8.43. The number of halogens is 1. The molecule has 3 N–H and O–H groups in total. The summed E-state index contributed by atoms with van der Waals surface area (Å²) in [4.78, 5) is 21.5. The number of nitro groups is 1. The molecule has 0 unspecified atom stereocenters. The van der Waals surface area contributed by atoms with Crippen LogP contribution in [0, 0.1) is 10.1 Å². The van der Waals surface area contributed by atoms with Crippen molar-refractivity contribution in [3.05, 3.63) is 39.9 Å². The summed E-state index contributed by atoms with van der Waals surface area (Å²) in [6.45, 7) is 1.06. The van der Waals surface area contributed by atoms with E-state index in [1.165, 1.54) is 12.1 Å². The number of nitrogens with zero attached hydrogens (tertiary/aromatic N) is 1. The second-order valence-electron chi connectivity index (χ2n) is 3.60. The fourth-order valence-corrected chi connectivity index (χ4v) is 1.36. The molecule has 0 aliphatic heterocycles. The van der Waals surface area contributed by atoms with Crippen molar-refractivity contribution < 1.29 is 9.72 Å². The molecular formula is C11H16ClN3O3. The number of nitrogens with one attached hydrogen (secondary N) is 1. The lowest BCUT2D eigenvalue weighted by atomic mass is 10.1. The third-order valence-electron chi connectivity index (χ3n) is 2.19. The van der Waals surface area contributed by atoms with Crippen LogP contribution >= 0.6 is 12.4 Å². The quantitative estimate of drug-likeness (QED) is 0.459. The maximum atomic E-state index is 11.4. The predicted molar refractivity (Wildman–Crippen MR) is 70.7 cm³/mol. The molecule has 1 aromatic rings. The van der Waals surface area contributed by atoms with Gasteiger partial charge in [-0.2, -0.15) is 0 Å². The topological polar surface area (TPSA) is 98.3 Å². The molecule has 0 radical (unpaired) electrons. The molecule has 0 aliphatic carbocycles. The fraction of sp³-hybridized carbons (Fsp3) is 0.364. The molecule has 6 nitrogen and oxygen atoms in total. The van der Waals surface area contributed by atoms with Crippen molar-refractivity contribution in [2.75, 3.05) is 13.1 Å². The first-order valence-corrected chi connectivity index (χ1v) is 5.33. The van der Waals surface area contributed by atoms with Gasteiger partial charge in [0, 0.05) is 18.7 Å². The van der Waals surface area contributed by atoms with E-state index in [4.69, 9.17) is 5.73 Å². The Kier molecular flexibility index (Phi) is 7.66. The van der Waals surface area contributed by atoms with Gasteiger partial charge in [0.05, 0.1) is 11.3 Å². The van der Waals surface area contributed by atoms with Crippen LogP contribution in [0.15, 0.2) is 24.3 Å². The molecule has 0 saturated carbocycles. The third-order valence-corrected chi connectivity index (χ3v) is 2.19. The molecule has 100 valence electrons. The van der Waals surface area contributed by atoms with Crippen LogP contribution in [0.2, 0.25) is 0 Å². The minimum atomic E-state index is -0.476. The smallest absolute Gasteiger partial charge is 0.269 e. The molecular weight excluding hydrogens is 258 g/mol. The van der Waals surface area contributed by atoms with Gasteiger partial charge in [-0.25, -0.2) is 0 Å². The monoisotopic (exact) mass is 273 g/mol. The highest BCUT2D eigenvalue weighted by Gasteiger charge is 2.08. The Morgan fingerprint density at radius 3 is 2.78 bits per heavy atom. The van der Waals surface area contributed by atoms with E-state index in [2.05, 4.69) is 5.32 Å². The molecule has 0 aliphatic rings. The van der Waals surface area contributed by atoms with Crippen molar-refractivity contribution in [1.82, 2.24) is 5.32 Å². The van der Waals surface area contributed by atoms with Crippen LogP contribution in [-0.4, -0.2) is 23.9 Å². The predicted octanol–water partition coefficient (Wildman–Crippen LogP) is 1.02. The van der Waals surface area contributed by atoms with Gasteiger partial charge in [0.25, 0.3) is 5.69 Å². The van der Waals surface area contributed by atoms with Crippen molar-refractivity contribution >= 4 is 24.0 Å². The summed E-state index contributed by atoms with van der Waals surface area (Å²) in [5, 5.41) is 13.2. The van der Waals surface area contributed by atoms with Crippen LogP contribution in [0.5, 0.6) is 0 Å². The van der Waals surface area contributed by atoms with Gasteiger partial charge in [0.2, 0.25) is 5.91 Å². The summed E-state index contributed by atoms with van der Waals surface area (Å²) in [5.74, 6) is -0.154. The van der Waals surface area contributed by atoms with Crippen LogP contribution in [0.25, 0.3) is 0 Å². The summed E-state index contributed by atoms with van der Waals surface area (Å²) in [5.41, 5.74) is 5.92. The van der Waals surface area contributed by atoms with Crippen molar-refractivity contribution in [3.63, 3.8) is 0 Å². The highest BCUT2D eigenvalue weighted by Crippen LogP contribution is 2.13. The molecule has 0 fully saturated rings. The van der Waals surface area contributed by atoms with E-state index < -0.39 is 4.92 Å². The zero-order valence-electron chi connectivity index (χ0n) is 9.80. The summed E-state index contributed by atoms with van der Waals surface area (Å²) in [6.07, 6.45) is 0.868. The zero-order chi connectivity index (χ0) is 12.7. The van der Waals surface area contributed by atoms with Crippen LogP contribution in [0.3, 0.4) is 0 Å². The van der Waals surface area contributed by atoms with E-state index in [9.17, 15) is 14.9 Å². The Morgan fingerprint density at radius 2 is 2.17 bits per heavy atom. The number of amides is 1. The van der Waals surface area contributed by atoms with E-state index in [1.54, 1.807) is 12.1 Å². The highest BCUT2D eigenvalue weighted by molar-refractivity contribution is 5.85. The number of benzene rings is 1. The number of carbonyl (C=O) groups is 1. The van der Waals surface area contributed by atoms with Gasteiger partial charge in [0.1, 0.15) is 0 Å². The molecule has 0 heterocycles. The number of hydrogen-bond acceptors (Lipinski definition) is 4. The van der Waals surface area contributed by atoms with E-state index in [0.717, 1.165) is 6.42 Å². The molecule has 1 rings (SSSR count). The van der Waals surface area contributed by atoms with Crippen LogP contribution in [0.1, 0.15) is 12.0 Å². The van der Waals surface area contributed by atoms with Crippen LogP contribution in [0.4, 0.5) is 5.69 Å². The first-order chi connectivity index (χ1) is 8.13. The van der Waals surface area contributed by atoms with Crippen LogP contribution in [-0.2, 0) is 11.2 Å². The van der Waals surface area contributed by atoms with E-state index >= 15 is 0 Å². The number of nitro benzene ring substituents is 1. The fourth-order valence-electron chi connectivity index (χ4n) is 1.36. The summed E-state index contributed by atoms with van der Waals surface area (Å²) < 4.78 is 0. The Morgan fingerprint density at radius 1 is 1.44 bits per heavy atom. The number of rotatable bonds is 6. The average molecular weight is 274 g/mol. The maximum absolute atomic E-state index is 11.4. The van der Waals surface area contributed by atoms with Gasteiger partial charge in [-0.1, -0.05) is 12.1 Å². The van der Waals surface area contributed by atoms with Crippen molar-refractivity contribution in [3.8, 4) is 0 Å². The Labute approximate surface area is 111 Å². The lowest BCUT2D eigenvalue weighted by Crippen LogP contribution is -2.27. The number of nitrogens with two attached hydrogens (primary N) is 1. The van der Waals surface area contributed by atoms with Gasteiger partial charge >= 0.3 is 0 Å². The second-order valence-corrected chi connectivity index (χ2v) is 3.60. The number of carbonyl (C=O) groups excluding carboxylic acids is 1. The lowest BCUT2D eigenvalue weighted by molar-refractivity contribution is -0.384. The van der Waals surface area contributed by atoms with Crippen LogP contribution < -0.4 is 11.1 Å². The normalized spacial score (nSPS) is 9.39. The zero-order valence-corrected chi connectivity index (χ0v) is 10.6. The first-order valence-electron chi connectivity index (χ1n) is 5.33. The van der Waals surface area contributed by atoms with Crippen molar-refractivity contribution in [2.24, 2.45) is 5.73 Å². The first kappa shape index (κ1) is 16.3. The minimum absolute atomic E-state index is 0. The maximum Gasteiger partial charge on any atom is 0.269 e. The molecule has 0 bridgehead atoms. The molecule has 0 aromatic heterocycles. The average Bonchev–Trinajstić information content (AvgIpc) is 2.29. The van der Waals surface area contributed by atoms with Gasteiger partial charge in [-0.3, -0.25) is 14.9 Å². The summed E-state index contributed by atoms with van der Waals surface area (Å²) >= 11 is 0. The SMILES string of the molecule is Cl.NCCCNC(=O)Cc1cccc([N+](=O)[O-])c1. The Hall–Kier alpha value is -1.66. The molecule has 0 spiro atoms. The van der Waals surface area contributed by atoms with Crippen molar-refractivity contribution in [2.45, 2.75) is 12.8 Å². The van der Waals surface area contributed by atoms with Gasteiger partial charge < -0.3 is 11.1 Å². The summed E-state index contributed by atoms with van der Waals surface area (Å²) in [6, 6.07) is 6.06. The largest absolute Gasteiger partial charge is 0.356 e. The van der Waals surface area contributed by atoms with Gasteiger partial charge in [-0.15, -0.1) is 12.4 Å². The molecule has 7 heteroatoms. The van der Waals surface area contributed by atoms with Gasteiger partial charge in [0.15, 0.2) is 0 Å². The van der Waals surface area contributed by atoms with E-state index in [0.29, 0.717) is 18.7 Å². The minimum Gasteiger partial charge on any atom is -0.356 e.